The number of allylic oxidation sites excluding steroid dienone is 1. The van der Waals surface area contributed by atoms with Gasteiger partial charge in [0.05, 0.1) is 12.2 Å². The average molecular weight is 430 g/mol. The molecule has 0 unspecified atom stereocenters. The molecule has 2 aliphatic heterocycles. The summed E-state index contributed by atoms with van der Waals surface area (Å²) < 4.78 is 0. The number of aromatic nitrogens is 2. The van der Waals surface area contributed by atoms with Crippen molar-refractivity contribution in [2.24, 2.45) is 0 Å². The van der Waals surface area contributed by atoms with Gasteiger partial charge in [-0.15, -0.1) is 0 Å². The molecule has 3 heterocycles. The fraction of sp³-hybridized carbons (Fsp3) is 0.320. The lowest BCUT2D eigenvalue weighted by molar-refractivity contribution is -0.104. The minimum Gasteiger partial charge on any atom is -0.508 e. The van der Waals surface area contributed by atoms with Crippen LogP contribution in [0.15, 0.2) is 55.0 Å². The topological polar surface area (TPSA) is 72.8 Å². The van der Waals surface area contributed by atoms with Crippen molar-refractivity contribution in [2.45, 2.75) is 25.9 Å². The summed E-state index contributed by atoms with van der Waals surface area (Å²) in [6, 6.07) is 12.1. The molecule has 0 spiro atoms. The highest BCUT2D eigenvalue weighted by Gasteiger charge is 2.28. The fourth-order valence-electron chi connectivity index (χ4n) is 4.88. The highest BCUT2D eigenvalue weighted by Crippen LogP contribution is 2.35. The maximum Gasteiger partial charge on any atom is 0.144 e. The van der Waals surface area contributed by atoms with Crippen molar-refractivity contribution in [3.05, 3.63) is 66.3 Å². The molecule has 0 saturated carbocycles. The second-order valence-electron chi connectivity index (χ2n) is 8.49. The Hall–Kier alpha value is -3.61. The SMILES string of the molecule is C[C@H]1CN(c2ncnc3c2CCN(c2cc(O)cc4ccccc24)C3)CCN1C=CC=O. The molecule has 0 aliphatic carbocycles. The number of carbonyl (C=O) groups is 1. The minimum atomic E-state index is 0.281. The third-order valence-corrected chi connectivity index (χ3v) is 6.48. The van der Waals surface area contributed by atoms with Crippen LogP contribution in [-0.2, 0) is 17.8 Å². The van der Waals surface area contributed by atoms with E-state index in [0.717, 1.165) is 66.9 Å². The van der Waals surface area contributed by atoms with Gasteiger partial charge in [0.1, 0.15) is 24.2 Å². The standard InChI is InChI=1S/C25H27N5O2/c1-18-15-30(11-10-28(18)8-4-12-31)25-22-7-9-29(16-23(22)26-17-27-25)24-14-20(32)13-19-5-2-3-6-21(19)24/h2-6,8,12-14,17-18,32H,7,9-11,15-16H2,1H3/t18-/m0/s1. The van der Waals surface area contributed by atoms with Crippen molar-refractivity contribution in [1.82, 2.24) is 14.9 Å². The molecular formula is C25H27N5O2. The lowest BCUT2D eigenvalue weighted by atomic mass is 10.0. The van der Waals surface area contributed by atoms with Gasteiger partial charge < -0.3 is 19.8 Å². The van der Waals surface area contributed by atoms with E-state index in [1.807, 2.05) is 36.5 Å². The monoisotopic (exact) mass is 429 g/mol. The van der Waals surface area contributed by atoms with Crippen LogP contribution in [0.4, 0.5) is 11.5 Å². The third-order valence-electron chi connectivity index (χ3n) is 6.48. The molecule has 1 fully saturated rings. The van der Waals surface area contributed by atoms with Gasteiger partial charge in [-0.2, -0.15) is 0 Å². The van der Waals surface area contributed by atoms with E-state index in [0.29, 0.717) is 12.6 Å². The van der Waals surface area contributed by atoms with E-state index in [4.69, 9.17) is 0 Å². The van der Waals surface area contributed by atoms with Gasteiger partial charge in [0.2, 0.25) is 0 Å². The molecular weight excluding hydrogens is 402 g/mol. The van der Waals surface area contributed by atoms with Crippen LogP contribution in [0.2, 0.25) is 0 Å². The summed E-state index contributed by atoms with van der Waals surface area (Å²) in [5, 5.41) is 12.4. The lowest BCUT2D eigenvalue weighted by Gasteiger charge is -2.41. The quantitative estimate of drug-likeness (QED) is 0.505. The molecule has 1 atom stereocenters. The van der Waals surface area contributed by atoms with Crippen LogP contribution in [0.3, 0.4) is 0 Å². The second kappa shape index (κ2) is 8.49. The first-order valence-corrected chi connectivity index (χ1v) is 11.1. The zero-order valence-corrected chi connectivity index (χ0v) is 18.2. The van der Waals surface area contributed by atoms with Crippen LogP contribution in [0.25, 0.3) is 10.8 Å². The van der Waals surface area contributed by atoms with Gasteiger partial charge in [-0.05, 0) is 30.9 Å². The van der Waals surface area contributed by atoms with Crippen molar-refractivity contribution in [2.75, 3.05) is 36.0 Å². The summed E-state index contributed by atoms with van der Waals surface area (Å²) in [4.78, 5) is 26.8. The Bertz CT molecular complexity index is 1180. The van der Waals surface area contributed by atoms with Crippen LogP contribution in [0, 0.1) is 0 Å². The van der Waals surface area contributed by atoms with Crippen molar-refractivity contribution >= 4 is 28.6 Å². The van der Waals surface area contributed by atoms with Crippen LogP contribution >= 0.6 is 0 Å². The number of anilines is 2. The Labute approximate surface area is 187 Å². The Morgan fingerprint density at radius 1 is 1.09 bits per heavy atom. The van der Waals surface area contributed by atoms with E-state index >= 15 is 0 Å². The number of piperazine rings is 1. The Kier molecular flexibility index (Phi) is 5.39. The minimum absolute atomic E-state index is 0.281. The highest BCUT2D eigenvalue weighted by molar-refractivity contribution is 5.95. The maximum absolute atomic E-state index is 10.7. The van der Waals surface area contributed by atoms with E-state index < -0.39 is 0 Å². The molecule has 5 rings (SSSR count). The van der Waals surface area contributed by atoms with E-state index in [1.165, 1.54) is 5.56 Å². The summed E-state index contributed by atoms with van der Waals surface area (Å²) in [5.41, 5.74) is 3.30. The molecule has 0 bridgehead atoms. The Morgan fingerprint density at radius 2 is 1.97 bits per heavy atom. The molecule has 1 aromatic heterocycles. The lowest BCUT2D eigenvalue weighted by Crippen LogP contribution is -2.50. The number of phenols is 1. The van der Waals surface area contributed by atoms with Gasteiger partial charge in [0.15, 0.2) is 0 Å². The summed E-state index contributed by atoms with van der Waals surface area (Å²) >= 11 is 0. The summed E-state index contributed by atoms with van der Waals surface area (Å²) in [7, 11) is 0. The molecule has 7 nitrogen and oxygen atoms in total. The molecule has 0 amide bonds. The van der Waals surface area contributed by atoms with Gasteiger partial charge in [-0.25, -0.2) is 9.97 Å². The second-order valence-corrected chi connectivity index (χ2v) is 8.49. The van der Waals surface area contributed by atoms with Crippen molar-refractivity contribution in [3.63, 3.8) is 0 Å². The number of aldehydes is 1. The van der Waals surface area contributed by atoms with Crippen molar-refractivity contribution in [1.29, 1.82) is 0 Å². The van der Waals surface area contributed by atoms with Crippen LogP contribution in [0.5, 0.6) is 5.75 Å². The predicted octanol–water partition coefficient (Wildman–Crippen LogP) is 3.12. The van der Waals surface area contributed by atoms with E-state index in [-0.39, 0.29) is 5.75 Å². The number of phenolic OH excluding ortho intramolecular Hbond substituents is 1. The molecule has 164 valence electrons. The van der Waals surface area contributed by atoms with Crippen LogP contribution in [0.1, 0.15) is 18.2 Å². The van der Waals surface area contributed by atoms with Crippen molar-refractivity contribution < 1.29 is 9.90 Å². The van der Waals surface area contributed by atoms with E-state index in [1.54, 1.807) is 12.4 Å². The zero-order chi connectivity index (χ0) is 22.1. The van der Waals surface area contributed by atoms with E-state index in [9.17, 15) is 9.90 Å². The number of hydrogen-bond acceptors (Lipinski definition) is 7. The van der Waals surface area contributed by atoms with Gasteiger partial charge in [0.25, 0.3) is 0 Å². The third kappa shape index (κ3) is 3.75. The van der Waals surface area contributed by atoms with Crippen LogP contribution < -0.4 is 9.80 Å². The molecule has 2 aliphatic rings. The molecule has 1 saturated heterocycles. The van der Waals surface area contributed by atoms with Gasteiger partial charge in [-0.3, -0.25) is 4.79 Å². The Balaban J connectivity index is 1.41. The normalized spacial score (nSPS) is 18.9. The Morgan fingerprint density at radius 3 is 2.81 bits per heavy atom. The number of rotatable bonds is 4. The number of benzene rings is 2. The number of hydrogen-bond donors (Lipinski definition) is 1. The fourth-order valence-corrected chi connectivity index (χ4v) is 4.88. The maximum atomic E-state index is 10.7. The molecule has 3 aromatic rings. The van der Waals surface area contributed by atoms with Gasteiger partial charge in [0, 0.05) is 61.1 Å². The van der Waals surface area contributed by atoms with Crippen LogP contribution in [-0.4, -0.2) is 58.5 Å². The molecule has 32 heavy (non-hydrogen) atoms. The molecule has 1 N–H and O–H groups in total. The largest absolute Gasteiger partial charge is 0.508 e. The highest BCUT2D eigenvalue weighted by atomic mass is 16.3. The number of fused-ring (bicyclic) bond motifs is 2. The molecule has 0 radical (unpaired) electrons. The van der Waals surface area contributed by atoms with Gasteiger partial charge in [-0.1, -0.05) is 24.3 Å². The molecule has 7 heteroatoms. The summed E-state index contributed by atoms with van der Waals surface area (Å²) in [5.74, 6) is 1.31. The first kappa shape index (κ1) is 20.3. The number of carbonyl (C=O) groups excluding carboxylic acids is 1. The summed E-state index contributed by atoms with van der Waals surface area (Å²) in [6.45, 7) is 6.27. The predicted molar refractivity (Wildman–Crippen MR) is 126 cm³/mol. The average Bonchev–Trinajstić information content (AvgIpc) is 2.82. The van der Waals surface area contributed by atoms with Crippen molar-refractivity contribution in [3.8, 4) is 5.75 Å². The molecule has 2 aromatic carbocycles. The zero-order valence-electron chi connectivity index (χ0n) is 18.2. The number of nitrogens with zero attached hydrogens (tertiary/aromatic N) is 5. The smallest absolute Gasteiger partial charge is 0.144 e. The van der Waals surface area contributed by atoms with Gasteiger partial charge >= 0.3 is 0 Å². The van der Waals surface area contributed by atoms with E-state index in [2.05, 4.69) is 37.7 Å². The first-order chi connectivity index (χ1) is 15.6. The summed E-state index contributed by atoms with van der Waals surface area (Å²) in [6.07, 6.45) is 6.78. The first-order valence-electron chi connectivity index (χ1n) is 11.1. The number of aromatic hydroxyl groups is 1.